The minimum Gasteiger partial charge on any atom is -0.482 e. The van der Waals surface area contributed by atoms with Crippen molar-refractivity contribution in [3.8, 4) is 5.75 Å². The van der Waals surface area contributed by atoms with Crippen LogP contribution < -0.4 is 10.2 Å². The van der Waals surface area contributed by atoms with E-state index in [0.29, 0.717) is 35.9 Å². The summed E-state index contributed by atoms with van der Waals surface area (Å²) >= 11 is 0. The Balaban J connectivity index is 1.46. The summed E-state index contributed by atoms with van der Waals surface area (Å²) in [6.45, 7) is 13.4. The fourth-order valence-electron chi connectivity index (χ4n) is 8.98. The SMILES string of the molecule is C=C[C@]1(C)C[C@@H](OC(=O)COc2ccc3c(c2C)B(O)N(C(=O)OC)N=C3)[C@@]2(C)[C@@H]3C(=O)[C@@H](F)C[C@@]3(CC[C@@H]2C)[C@@H](C)[C@@H]1OC=O. The first-order valence-corrected chi connectivity index (χ1v) is 15.7. The molecular formula is C33H42BFN2O9. The van der Waals surface area contributed by atoms with Gasteiger partial charge in [-0.1, -0.05) is 39.8 Å². The van der Waals surface area contributed by atoms with Crippen molar-refractivity contribution in [3.05, 3.63) is 35.9 Å². The largest absolute Gasteiger partial charge is 0.482 e. The van der Waals surface area contributed by atoms with Crippen LogP contribution >= 0.6 is 0 Å². The molecule has 9 atom stereocenters. The van der Waals surface area contributed by atoms with Crippen LogP contribution in [0.1, 0.15) is 64.5 Å². The van der Waals surface area contributed by atoms with Crippen LogP contribution in [-0.4, -0.2) is 79.6 Å². The lowest BCUT2D eigenvalue weighted by Gasteiger charge is -2.61. The van der Waals surface area contributed by atoms with E-state index < -0.39 is 72.0 Å². The minimum atomic E-state index is -1.66. The van der Waals surface area contributed by atoms with Gasteiger partial charge in [-0.25, -0.2) is 18.9 Å². The van der Waals surface area contributed by atoms with Crippen LogP contribution in [0.5, 0.6) is 5.75 Å². The van der Waals surface area contributed by atoms with Crippen molar-refractivity contribution < 1.29 is 47.5 Å². The highest BCUT2D eigenvalue weighted by molar-refractivity contribution is 6.68. The third-order valence-corrected chi connectivity index (χ3v) is 11.7. The highest BCUT2D eigenvalue weighted by Gasteiger charge is 2.71. The number of methoxy groups -OCH3 is 1. The fourth-order valence-corrected chi connectivity index (χ4v) is 8.98. The van der Waals surface area contributed by atoms with Gasteiger partial charge in [0.1, 0.15) is 18.0 Å². The van der Waals surface area contributed by atoms with Gasteiger partial charge >= 0.3 is 19.1 Å². The van der Waals surface area contributed by atoms with Crippen LogP contribution in [0.3, 0.4) is 0 Å². The number of rotatable bonds is 7. The summed E-state index contributed by atoms with van der Waals surface area (Å²) in [5.74, 6) is -2.11. The van der Waals surface area contributed by atoms with E-state index in [-0.39, 0.29) is 30.4 Å². The second kappa shape index (κ2) is 12.1. The molecule has 0 spiro atoms. The van der Waals surface area contributed by atoms with Gasteiger partial charge in [0.05, 0.1) is 13.3 Å². The van der Waals surface area contributed by atoms with Gasteiger partial charge in [-0.05, 0) is 66.6 Å². The summed E-state index contributed by atoms with van der Waals surface area (Å²) in [5, 5.41) is 14.8. The number of carbonyl (C=O) groups is 4. The van der Waals surface area contributed by atoms with Crippen LogP contribution in [0.15, 0.2) is 29.9 Å². The maximum atomic E-state index is 15.5. The van der Waals surface area contributed by atoms with Gasteiger partial charge in [-0.15, -0.1) is 6.58 Å². The summed E-state index contributed by atoms with van der Waals surface area (Å²) in [6.07, 6.45) is 0.494. The highest BCUT2D eigenvalue weighted by atomic mass is 19.1. The second-order valence-corrected chi connectivity index (χ2v) is 13.8. The third-order valence-electron chi connectivity index (χ3n) is 11.7. The molecule has 46 heavy (non-hydrogen) atoms. The lowest BCUT2D eigenvalue weighted by atomic mass is 9.44. The highest BCUT2D eigenvalue weighted by Crippen LogP contribution is 2.68. The molecule has 1 aromatic carbocycles. The molecule has 3 aliphatic carbocycles. The molecule has 1 aromatic rings. The number of carbonyl (C=O) groups excluding carboxylic acids is 4. The minimum absolute atomic E-state index is 0.0251. The molecule has 0 saturated heterocycles. The summed E-state index contributed by atoms with van der Waals surface area (Å²) < 4.78 is 38.0. The number of Topliss-reactive ketones (excluding diaryl/α,β-unsaturated/α-hetero) is 1. The predicted molar refractivity (Wildman–Crippen MR) is 166 cm³/mol. The number of hydrogen-bond acceptors (Lipinski definition) is 10. The van der Waals surface area contributed by atoms with Crippen molar-refractivity contribution in [2.24, 2.45) is 39.1 Å². The molecule has 5 rings (SSSR count). The molecule has 2 bridgehead atoms. The monoisotopic (exact) mass is 640 g/mol. The number of fused-ring (bicyclic) bond motifs is 1. The molecule has 13 heteroatoms. The summed E-state index contributed by atoms with van der Waals surface area (Å²) in [4.78, 5) is 51.9. The predicted octanol–water partition coefficient (Wildman–Crippen LogP) is 3.51. The molecular weight excluding hydrogens is 598 g/mol. The first-order chi connectivity index (χ1) is 21.7. The number of hydrogen-bond donors (Lipinski definition) is 1. The summed E-state index contributed by atoms with van der Waals surface area (Å²) in [5.41, 5.74) is -1.16. The van der Waals surface area contributed by atoms with Crippen molar-refractivity contribution in [2.75, 3.05) is 13.7 Å². The Morgan fingerprint density at radius 1 is 1.26 bits per heavy atom. The molecule has 1 amide bonds. The Hall–Kier alpha value is -3.74. The first-order valence-electron chi connectivity index (χ1n) is 15.7. The van der Waals surface area contributed by atoms with Gasteiger partial charge < -0.3 is 24.0 Å². The van der Waals surface area contributed by atoms with Crippen LogP contribution in [-0.2, 0) is 28.6 Å². The average Bonchev–Trinajstić information content (AvgIpc) is 3.30. The molecule has 1 N–H and O–H groups in total. The van der Waals surface area contributed by atoms with E-state index in [9.17, 15) is 24.2 Å². The Labute approximate surface area is 268 Å². The van der Waals surface area contributed by atoms with Crippen LogP contribution in [0.4, 0.5) is 9.18 Å². The number of hydrazone groups is 1. The average molecular weight is 641 g/mol. The number of halogens is 1. The van der Waals surface area contributed by atoms with Crippen molar-refractivity contribution in [1.29, 1.82) is 0 Å². The first kappa shape index (κ1) is 33.6. The van der Waals surface area contributed by atoms with E-state index in [1.807, 2.05) is 27.7 Å². The van der Waals surface area contributed by atoms with Crippen LogP contribution in [0.2, 0.25) is 0 Å². The van der Waals surface area contributed by atoms with Gasteiger partial charge in [-0.2, -0.15) is 5.10 Å². The molecule has 1 heterocycles. The Morgan fingerprint density at radius 3 is 2.63 bits per heavy atom. The number of amides is 1. The van der Waals surface area contributed by atoms with Gasteiger partial charge in [0, 0.05) is 22.7 Å². The third kappa shape index (κ3) is 5.01. The van der Waals surface area contributed by atoms with Crippen LogP contribution in [0.25, 0.3) is 0 Å². The van der Waals surface area contributed by atoms with E-state index in [4.69, 9.17) is 18.9 Å². The maximum Gasteiger partial charge on any atom is 0.479 e. The van der Waals surface area contributed by atoms with Crippen molar-refractivity contribution in [1.82, 2.24) is 4.92 Å². The molecule has 248 valence electrons. The molecule has 4 aliphatic rings. The fraction of sp³-hybridized carbons (Fsp3) is 0.606. The van der Waals surface area contributed by atoms with Crippen molar-refractivity contribution in [2.45, 2.75) is 78.7 Å². The van der Waals surface area contributed by atoms with Gasteiger partial charge in [-0.3, -0.25) is 9.59 Å². The zero-order valence-corrected chi connectivity index (χ0v) is 27.2. The second-order valence-electron chi connectivity index (χ2n) is 13.8. The molecule has 1 aliphatic heterocycles. The zero-order chi connectivity index (χ0) is 33.8. The number of ketones is 1. The van der Waals surface area contributed by atoms with Crippen LogP contribution in [0, 0.1) is 40.9 Å². The standard InChI is InChI=1S/C33H42BFN2O9/c1-8-31(5)14-24(32(6)18(2)11-12-33(20(4)29(31)45-17-38)13-22(35)27(40)28(32)33)46-25(39)16-44-23-10-9-21-15-36-37(30(41)43-7)34(42)26(21)19(23)3/h8-10,15,17-18,20,22,24,28-29,42H,1,11-14,16H2,2-7H3/t18-,20-,22-,24+,28-,29-,31+,32-,33-/m0/s1. The lowest BCUT2D eigenvalue weighted by Crippen LogP contribution is -2.63. The topological polar surface area (TPSA) is 141 Å². The maximum absolute atomic E-state index is 15.5. The number of esters is 1. The van der Waals surface area contributed by atoms with Crippen molar-refractivity contribution >= 4 is 43.0 Å². The molecule has 0 radical (unpaired) electrons. The molecule has 0 aromatic heterocycles. The van der Waals surface area contributed by atoms with E-state index in [0.717, 1.165) is 4.92 Å². The Bertz CT molecular complexity index is 1470. The zero-order valence-electron chi connectivity index (χ0n) is 27.2. The lowest BCUT2D eigenvalue weighted by molar-refractivity contribution is -0.211. The summed E-state index contributed by atoms with van der Waals surface area (Å²) in [6, 6.07) is 3.27. The smallest absolute Gasteiger partial charge is 0.479 e. The quantitative estimate of drug-likeness (QED) is 0.156. The van der Waals surface area contributed by atoms with E-state index in [1.54, 1.807) is 25.1 Å². The van der Waals surface area contributed by atoms with Crippen molar-refractivity contribution in [3.63, 3.8) is 0 Å². The number of benzene rings is 1. The Kier molecular flexibility index (Phi) is 8.87. The number of nitrogens with zero attached hydrogens (tertiary/aromatic N) is 2. The molecule has 3 fully saturated rings. The van der Waals surface area contributed by atoms with E-state index >= 15 is 4.39 Å². The number of alkyl halides is 1. The molecule has 0 unspecified atom stereocenters. The summed E-state index contributed by atoms with van der Waals surface area (Å²) in [7, 11) is -0.260. The van der Waals surface area contributed by atoms with Gasteiger partial charge in [0.25, 0.3) is 6.47 Å². The van der Waals surface area contributed by atoms with Gasteiger partial charge in [0.2, 0.25) is 0 Å². The van der Waals surface area contributed by atoms with E-state index in [2.05, 4.69) is 11.7 Å². The van der Waals surface area contributed by atoms with E-state index in [1.165, 1.54) is 13.3 Å². The Morgan fingerprint density at radius 2 is 1.98 bits per heavy atom. The van der Waals surface area contributed by atoms with Gasteiger partial charge in [0.15, 0.2) is 18.6 Å². The number of ether oxygens (including phenoxy) is 4. The normalized spacial score (nSPS) is 36.5. The molecule has 11 nitrogen and oxygen atoms in total. The molecule has 3 saturated carbocycles.